The Bertz CT molecular complexity index is 1220. The molecular formula is C30H24Cl2SiTi. The van der Waals surface area contributed by atoms with Gasteiger partial charge in [-0.1, -0.05) is 72.8 Å². The molecule has 6 aromatic carbocycles. The van der Waals surface area contributed by atoms with Crippen LogP contribution in [0.1, 0.15) is 0 Å². The van der Waals surface area contributed by atoms with Crippen LogP contribution in [0.2, 0.25) is 0 Å². The summed E-state index contributed by atoms with van der Waals surface area (Å²) < 4.78 is 0. The number of hydrogen-bond acceptors (Lipinski definition) is 0. The minimum Gasteiger partial charge on any atom is -0.168 e. The van der Waals surface area contributed by atoms with Crippen molar-refractivity contribution in [3.05, 3.63) is 146 Å². The SMILES string of the molecule is Cl[Si](Cl)(c1ccccc1)c1ccccc1.[Ti+2].c1ccc2[cH-]ccc2c1.c1ccc2[cH-]ccc2c1. The Hall–Kier alpha value is -2.39. The first-order chi connectivity index (χ1) is 16.1. The van der Waals surface area contributed by atoms with Crippen LogP contribution in [0.15, 0.2) is 146 Å². The maximum atomic E-state index is 6.49. The fourth-order valence-corrected chi connectivity index (χ4v) is 6.67. The van der Waals surface area contributed by atoms with Crippen molar-refractivity contribution in [2.75, 3.05) is 0 Å². The summed E-state index contributed by atoms with van der Waals surface area (Å²) in [5.41, 5.74) is 0. The molecule has 0 bridgehead atoms. The molecular weight excluding hydrogens is 507 g/mol. The molecule has 6 aromatic rings. The number of rotatable bonds is 2. The van der Waals surface area contributed by atoms with E-state index in [4.69, 9.17) is 22.2 Å². The van der Waals surface area contributed by atoms with Crippen molar-refractivity contribution in [1.82, 2.24) is 0 Å². The molecule has 0 saturated carbocycles. The van der Waals surface area contributed by atoms with E-state index in [9.17, 15) is 0 Å². The Balaban J connectivity index is 0.000000148. The van der Waals surface area contributed by atoms with E-state index in [0.29, 0.717) is 0 Å². The third-order valence-corrected chi connectivity index (χ3v) is 10.1. The fraction of sp³-hybridized carbons (Fsp3) is 0. The first-order valence-electron chi connectivity index (χ1n) is 10.8. The van der Waals surface area contributed by atoms with Gasteiger partial charge in [0, 0.05) is 0 Å². The monoisotopic (exact) mass is 530 g/mol. The Kier molecular flexibility index (Phi) is 9.95. The molecule has 0 atom stereocenters. The van der Waals surface area contributed by atoms with Gasteiger partial charge in [-0.05, 0) is 10.4 Å². The maximum absolute atomic E-state index is 6.49. The Labute approximate surface area is 226 Å². The fourth-order valence-electron chi connectivity index (χ4n) is 3.60. The second-order valence-electron chi connectivity index (χ2n) is 7.62. The minimum atomic E-state index is -2.51. The molecule has 0 heterocycles. The largest absolute Gasteiger partial charge is 2.00 e. The summed E-state index contributed by atoms with van der Waals surface area (Å²) >= 11 is 13.0. The van der Waals surface area contributed by atoms with Crippen LogP contribution in [-0.4, -0.2) is 6.69 Å². The molecule has 34 heavy (non-hydrogen) atoms. The van der Waals surface area contributed by atoms with Crippen LogP contribution in [0.4, 0.5) is 0 Å². The third-order valence-electron chi connectivity index (χ3n) is 5.37. The van der Waals surface area contributed by atoms with Crippen molar-refractivity contribution in [3.8, 4) is 0 Å². The predicted octanol–water partition coefficient (Wildman–Crippen LogP) is 7.84. The molecule has 0 aliphatic heterocycles. The van der Waals surface area contributed by atoms with Crippen molar-refractivity contribution in [1.29, 1.82) is 0 Å². The van der Waals surface area contributed by atoms with Gasteiger partial charge in [0.15, 0.2) is 0 Å². The van der Waals surface area contributed by atoms with Gasteiger partial charge in [0.1, 0.15) is 0 Å². The van der Waals surface area contributed by atoms with Gasteiger partial charge in [0.05, 0.1) is 0 Å². The Morgan fingerprint density at radius 1 is 0.441 bits per heavy atom. The van der Waals surface area contributed by atoms with E-state index in [1.165, 1.54) is 21.5 Å². The minimum absolute atomic E-state index is 0. The summed E-state index contributed by atoms with van der Waals surface area (Å²) in [7, 11) is 0. The van der Waals surface area contributed by atoms with E-state index in [2.05, 4.69) is 84.9 Å². The van der Waals surface area contributed by atoms with E-state index < -0.39 is 6.69 Å². The molecule has 0 aromatic heterocycles. The van der Waals surface area contributed by atoms with Crippen LogP contribution in [0.3, 0.4) is 0 Å². The summed E-state index contributed by atoms with van der Waals surface area (Å²) in [4.78, 5) is 0. The van der Waals surface area contributed by atoms with Crippen molar-refractivity contribution in [2.45, 2.75) is 0 Å². The number of fused-ring (bicyclic) bond motifs is 2. The van der Waals surface area contributed by atoms with E-state index in [-0.39, 0.29) is 21.7 Å². The zero-order valence-corrected chi connectivity index (χ0v) is 22.7. The standard InChI is InChI=1S/C12H10Cl2Si.2C9H7.Ti/c13-15(14,11-7-3-1-4-8-11)12-9-5-2-6-10-12;2*1-2-5-9-7-3-6-8(9)4-1;/h1-10H;2*1-7H;/q;2*-1;+2. The second kappa shape index (κ2) is 12.9. The van der Waals surface area contributed by atoms with Gasteiger partial charge >= 0.3 is 28.4 Å². The summed E-state index contributed by atoms with van der Waals surface area (Å²) in [5, 5.41) is 7.38. The summed E-state index contributed by atoms with van der Waals surface area (Å²) in [6.07, 6.45) is 0. The average molecular weight is 531 g/mol. The van der Waals surface area contributed by atoms with Crippen molar-refractivity contribution in [2.24, 2.45) is 0 Å². The van der Waals surface area contributed by atoms with E-state index in [1.807, 2.05) is 60.7 Å². The molecule has 0 spiro atoms. The van der Waals surface area contributed by atoms with Gasteiger partial charge in [-0.3, -0.25) is 0 Å². The quantitative estimate of drug-likeness (QED) is 0.121. The molecule has 0 radical (unpaired) electrons. The van der Waals surface area contributed by atoms with Crippen molar-refractivity contribution < 1.29 is 21.7 Å². The van der Waals surface area contributed by atoms with E-state index in [0.717, 1.165) is 10.4 Å². The molecule has 6 rings (SSSR count). The summed E-state index contributed by atoms with van der Waals surface area (Å²) in [6, 6.07) is 49.1. The number of hydrogen-bond donors (Lipinski definition) is 0. The summed E-state index contributed by atoms with van der Waals surface area (Å²) in [5.74, 6) is 0. The topological polar surface area (TPSA) is 0 Å². The molecule has 4 heteroatoms. The number of benzene rings is 4. The van der Waals surface area contributed by atoms with Gasteiger partial charge in [0.25, 0.3) is 0 Å². The number of halogens is 2. The zero-order chi connectivity index (χ0) is 22.9. The maximum Gasteiger partial charge on any atom is 2.00 e. The zero-order valence-electron chi connectivity index (χ0n) is 18.6. The smallest absolute Gasteiger partial charge is 0.168 e. The van der Waals surface area contributed by atoms with Gasteiger partial charge in [-0.25, -0.2) is 0 Å². The molecule has 0 amide bonds. The molecule has 166 valence electrons. The first kappa shape index (κ1) is 26.2. The molecule has 0 nitrogen and oxygen atoms in total. The van der Waals surface area contributed by atoms with Crippen molar-refractivity contribution >= 4 is 60.8 Å². The molecule has 0 fully saturated rings. The molecule has 0 aliphatic carbocycles. The predicted molar refractivity (Wildman–Crippen MR) is 149 cm³/mol. The van der Waals surface area contributed by atoms with Gasteiger partial charge < -0.3 is 0 Å². The Morgan fingerprint density at radius 2 is 0.794 bits per heavy atom. The Morgan fingerprint density at radius 3 is 1.18 bits per heavy atom. The van der Waals surface area contributed by atoms with Crippen molar-refractivity contribution in [3.63, 3.8) is 0 Å². The molecule has 0 unspecified atom stereocenters. The first-order valence-corrected chi connectivity index (χ1v) is 14.9. The van der Waals surface area contributed by atoms with Crippen LogP contribution in [0.5, 0.6) is 0 Å². The van der Waals surface area contributed by atoms with Gasteiger partial charge in [-0.2, -0.15) is 35.0 Å². The average Bonchev–Trinajstić information content (AvgIpc) is 3.55. The van der Waals surface area contributed by atoms with Crippen LogP contribution in [0, 0.1) is 0 Å². The molecule has 0 aliphatic rings. The van der Waals surface area contributed by atoms with Crippen LogP contribution < -0.4 is 10.4 Å². The summed E-state index contributed by atoms with van der Waals surface area (Å²) in [6.45, 7) is -2.51. The normalized spacial score (nSPS) is 10.4. The third kappa shape index (κ3) is 6.82. The van der Waals surface area contributed by atoms with Crippen LogP contribution in [0.25, 0.3) is 21.5 Å². The molecule has 0 saturated heterocycles. The van der Waals surface area contributed by atoms with E-state index in [1.54, 1.807) is 0 Å². The van der Waals surface area contributed by atoms with Gasteiger partial charge in [-0.15, -0.1) is 81.5 Å². The van der Waals surface area contributed by atoms with E-state index >= 15 is 0 Å². The van der Waals surface area contributed by atoms with Gasteiger partial charge in [0.2, 0.25) is 0 Å². The molecule has 0 N–H and O–H groups in total. The van der Waals surface area contributed by atoms with Crippen LogP contribution in [-0.2, 0) is 21.7 Å². The second-order valence-corrected chi connectivity index (χ2v) is 13.9. The van der Waals surface area contributed by atoms with Crippen LogP contribution >= 0.6 is 22.2 Å².